The van der Waals surface area contributed by atoms with Crippen molar-refractivity contribution in [3.8, 4) is 0 Å². The molecule has 0 spiro atoms. The average Bonchev–Trinajstić information content (AvgIpc) is 2.32. The van der Waals surface area contributed by atoms with Gasteiger partial charge in [-0.05, 0) is 6.92 Å². The summed E-state index contributed by atoms with van der Waals surface area (Å²) < 4.78 is 14.6. The van der Waals surface area contributed by atoms with Crippen molar-refractivity contribution in [2.45, 2.75) is 19.5 Å². The van der Waals surface area contributed by atoms with Crippen molar-refractivity contribution in [3.05, 3.63) is 16.4 Å². The molecule has 0 saturated heterocycles. The summed E-state index contributed by atoms with van der Waals surface area (Å²) in [6, 6.07) is 0. The van der Waals surface area contributed by atoms with Crippen molar-refractivity contribution in [3.63, 3.8) is 0 Å². The minimum atomic E-state index is -1.05. The molecule has 1 aromatic heterocycles. The van der Waals surface area contributed by atoms with E-state index in [0.29, 0.717) is 10.7 Å². The molecular weight excluding hydrogens is 193 g/mol. The first-order chi connectivity index (χ1) is 6.06. The number of hydrogen-bond acceptors (Lipinski definition) is 2. The molecule has 1 atom stereocenters. The monoisotopic (exact) mass is 205 g/mol. The summed E-state index contributed by atoms with van der Waals surface area (Å²) >= 11 is 5.92. The maximum Gasteiger partial charge on any atom is 0.118 e. The molecule has 0 aliphatic carbocycles. The summed E-state index contributed by atoms with van der Waals surface area (Å²) in [5, 5.41) is 4.62. The Kier molecular flexibility index (Phi) is 3.27. The van der Waals surface area contributed by atoms with Crippen LogP contribution in [-0.4, -0.2) is 22.5 Å². The van der Waals surface area contributed by atoms with Gasteiger partial charge in [-0.1, -0.05) is 11.6 Å². The fourth-order valence-corrected chi connectivity index (χ4v) is 1.43. The molecule has 0 aromatic carbocycles. The van der Waals surface area contributed by atoms with E-state index in [-0.39, 0.29) is 13.0 Å². The first kappa shape index (κ1) is 10.5. The van der Waals surface area contributed by atoms with Gasteiger partial charge in [0.25, 0.3) is 0 Å². The second-order valence-corrected chi connectivity index (χ2v) is 3.38. The van der Waals surface area contributed by atoms with Crippen LogP contribution in [0.4, 0.5) is 4.39 Å². The topological polar surface area (TPSA) is 43.8 Å². The normalized spacial score (nSPS) is 13.3. The Morgan fingerprint density at radius 3 is 2.69 bits per heavy atom. The Hall–Kier alpha value is -0.610. The molecule has 13 heavy (non-hydrogen) atoms. The number of nitrogens with two attached hydrogens (primary N) is 1. The van der Waals surface area contributed by atoms with Crippen molar-refractivity contribution >= 4 is 11.6 Å². The number of alkyl halides is 1. The van der Waals surface area contributed by atoms with Crippen molar-refractivity contribution in [1.82, 2.24) is 9.78 Å². The van der Waals surface area contributed by atoms with Crippen LogP contribution in [0.5, 0.6) is 0 Å². The third kappa shape index (κ3) is 2.19. The van der Waals surface area contributed by atoms with Gasteiger partial charge in [0, 0.05) is 20.0 Å². The molecule has 1 rings (SSSR count). The lowest BCUT2D eigenvalue weighted by molar-refractivity contribution is 0.334. The van der Waals surface area contributed by atoms with Crippen molar-refractivity contribution in [2.24, 2.45) is 12.8 Å². The summed E-state index contributed by atoms with van der Waals surface area (Å²) in [6.45, 7) is 1.81. The minimum absolute atomic E-state index is 0.0144. The lowest BCUT2D eigenvalue weighted by Crippen LogP contribution is -2.19. The van der Waals surface area contributed by atoms with Crippen LogP contribution in [0.2, 0.25) is 5.02 Å². The molecule has 0 bridgehead atoms. The van der Waals surface area contributed by atoms with Gasteiger partial charge in [-0.3, -0.25) is 4.68 Å². The molecule has 3 nitrogen and oxygen atoms in total. The molecule has 2 N–H and O–H groups in total. The summed E-state index contributed by atoms with van der Waals surface area (Å²) in [7, 11) is 1.75. The van der Waals surface area contributed by atoms with Crippen molar-refractivity contribution in [2.75, 3.05) is 6.54 Å². The van der Waals surface area contributed by atoms with Crippen molar-refractivity contribution < 1.29 is 4.39 Å². The number of aryl methyl sites for hydroxylation is 2. The molecule has 0 fully saturated rings. The van der Waals surface area contributed by atoms with Crippen LogP contribution in [0.25, 0.3) is 0 Å². The molecule has 74 valence electrons. The lowest BCUT2D eigenvalue weighted by atomic mass is 10.2. The largest absolute Gasteiger partial charge is 0.328 e. The summed E-state index contributed by atoms with van der Waals surface area (Å²) in [6.07, 6.45) is -0.820. The molecule has 0 aliphatic rings. The van der Waals surface area contributed by atoms with Crippen LogP contribution in [0.1, 0.15) is 11.4 Å². The second kappa shape index (κ2) is 4.07. The molecule has 0 saturated carbocycles. The number of hydrogen-bond donors (Lipinski definition) is 1. The summed E-state index contributed by atoms with van der Waals surface area (Å²) in [4.78, 5) is 0. The number of aromatic nitrogens is 2. The fourth-order valence-electron chi connectivity index (χ4n) is 1.19. The molecule has 0 radical (unpaired) electrons. The average molecular weight is 206 g/mol. The fraction of sp³-hybridized carbons (Fsp3) is 0.625. The van der Waals surface area contributed by atoms with Gasteiger partial charge in [0.15, 0.2) is 0 Å². The Labute approximate surface area is 81.7 Å². The van der Waals surface area contributed by atoms with Gasteiger partial charge < -0.3 is 5.73 Å². The van der Waals surface area contributed by atoms with Crippen LogP contribution in [0.3, 0.4) is 0 Å². The smallest absolute Gasteiger partial charge is 0.118 e. The van der Waals surface area contributed by atoms with Gasteiger partial charge in [0.2, 0.25) is 0 Å². The van der Waals surface area contributed by atoms with E-state index in [9.17, 15) is 4.39 Å². The van der Waals surface area contributed by atoms with E-state index < -0.39 is 6.17 Å². The molecular formula is C8H13ClFN3. The Balaban J connectivity index is 2.87. The Morgan fingerprint density at radius 2 is 2.31 bits per heavy atom. The maximum atomic E-state index is 13.0. The van der Waals surface area contributed by atoms with E-state index in [0.717, 1.165) is 5.69 Å². The zero-order valence-corrected chi connectivity index (χ0v) is 8.48. The molecule has 1 unspecified atom stereocenters. The van der Waals surface area contributed by atoms with Crippen molar-refractivity contribution in [1.29, 1.82) is 0 Å². The van der Waals surface area contributed by atoms with Gasteiger partial charge in [0.05, 0.1) is 16.4 Å². The van der Waals surface area contributed by atoms with E-state index in [1.165, 1.54) is 0 Å². The maximum absolute atomic E-state index is 13.0. The van der Waals surface area contributed by atoms with Gasteiger partial charge >= 0.3 is 0 Å². The third-order valence-electron chi connectivity index (χ3n) is 1.93. The number of nitrogens with zero attached hydrogens (tertiary/aromatic N) is 2. The van der Waals surface area contributed by atoms with E-state index in [1.807, 2.05) is 0 Å². The van der Waals surface area contributed by atoms with E-state index in [2.05, 4.69) is 5.10 Å². The second-order valence-electron chi connectivity index (χ2n) is 3.01. The summed E-state index contributed by atoms with van der Waals surface area (Å²) in [5.41, 5.74) is 6.61. The first-order valence-corrected chi connectivity index (χ1v) is 4.46. The molecule has 5 heteroatoms. The highest BCUT2D eigenvalue weighted by Gasteiger charge is 2.15. The lowest BCUT2D eigenvalue weighted by Gasteiger charge is -2.05. The van der Waals surface area contributed by atoms with E-state index in [4.69, 9.17) is 17.3 Å². The van der Waals surface area contributed by atoms with Crippen LogP contribution >= 0.6 is 11.6 Å². The number of halogens is 2. The summed E-state index contributed by atoms with van der Waals surface area (Å²) in [5.74, 6) is 0. The Morgan fingerprint density at radius 1 is 1.69 bits per heavy atom. The third-order valence-corrected chi connectivity index (χ3v) is 2.42. The zero-order chi connectivity index (χ0) is 10.0. The predicted octanol–water partition coefficient (Wildman–Crippen LogP) is 1.22. The highest BCUT2D eigenvalue weighted by molar-refractivity contribution is 6.31. The van der Waals surface area contributed by atoms with Gasteiger partial charge in [-0.25, -0.2) is 4.39 Å². The van der Waals surface area contributed by atoms with E-state index in [1.54, 1.807) is 18.7 Å². The van der Waals surface area contributed by atoms with Gasteiger partial charge in [-0.15, -0.1) is 0 Å². The van der Waals surface area contributed by atoms with Crippen LogP contribution in [0.15, 0.2) is 0 Å². The van der Waals surface area contributed by atoms with Crippen LogP contribution < -0.4 is 5.73 Å². The SMILES string of the molecule is Cc1nn(C)c(CC(F)CN)c1Cl. The number of rotatable bonds is 3. The van der Waals surface area contributed by atoms with E-state index >= 15 is 0 Å². The van der Waals surface area contributed by atoms with Gasteiger partial charge in [-0.2, -0.15) is 5.10 Å². The van der Waals surface area contributed by atoms with Crippen LogP contribution in [0, 0.1) is 6.92 Å². The van der Waals surface area contributed by atoms with Crippen LogP contribution in [-0.2, 0) is 13.5 Å². The highest BCUT2D eigenvalue weighted by atomic mass is 35.5. The minimum Gasteiger partial charge on any atom is -0.328 e. The standard InChI is InChI=1S/C8H13ClFN3/c1-5-8(9)7(13(2)12-5)3-6(10)4-11/h6H,3-4,11H2,1-2H3. The molecule has 1 heterocycles. The molecule has 0 amide bonds. The van der Waals surface area contributed by atoms with Gasteiger partial charge in [0.1, 0.15) is 6.17 Å². The quantitative estimate of drug-likeness (QED) is 0.807. The molecule has 1 aromatic rings. The Bertz CT molecular complexity index is 298. The zero-order valence-electron chi connectivity index (χ0n) is 7.72. The molecule has 0 aliphatic heterocycles. The highest BCUT2D eigenvalue weighted by Crippen LogP contribution is 2.21. The predicted molar refractivity (Wildman–Crippen MR) is 50.6 cm³/mol. The first-order valence-electron chi connectivity index (χ1n) is 4.08.